The molecule has 1 saturated heterocycles. The highest BCUT2D eigenvalue weighted by Crippen LogP contribution is 2.34. The van der Waals surface area contributed by atoms with Crippen molar-refractivity contribution in [3.8, 4) is 0 Å². The molecule has 1 aliphatic heterocycles. The first-order valence-corrected chi connectivity index (χ1v) is 9.81. The molecule has 0 aliphatic carbocycles. The zero-order valence-electron chi connectivity index (χ0n) is 15.4. The number of aromatic nitrogens is 2. The van der Waals surface area contributed by atoms with Gasteiger partial charge in [0, 0.05) is 30.5 Å². The van der Waals surface area contributed by atoms with Crippen LogP contribution in [0.25, 0.3) is 0 Å². The number of amides is 2. The molecule has 1 aliphatic rings. The monoisotopic (exact) mass is 372 g/mol. The van der Waals surface area contributed by atoms with Crippen LogP contribution in [-0.4, -0.2) is 28.6 Å². The molecule has 0 saturated carbocycles. The third kappa shape index (κ3) is 4.09. The highest BCUT2D eigenvalue weighted by molar-refractivity contribution is 7.15. The lowest BCUT2D eigenvalue weighted by Gasteiger charge is -2.16. The number of rotatable bonds is 6. The van der Waals surface area contributed by atoms with Crippen molar-refractivity contribution in [2.24, 2.45) is 5.92 Å². The van der Waals surface area contributed by atoms with Gasteiger partial charge in [-0.25, -0.2) is 0 Å². The average molecular weight is 372 g/mol. The maximum absolute atomic E-state index is 12.4. The molecule has 1 aromatic heterocycles. The fourth-order valence-electron chi connectivity index (χ4n) is 3.09. The molecule has 0 radical (unpaired) electrons. The van der Waals surface area contributed by atoms with Crippen LogP contribution in [0.3, 0.4) is 0 Å². The van der Waals surface area contributed by atoms with Gasteiger partial charge in [-0.2, -0.15) is 0 Å². The Morgan fingerprint density at radius 3 is 2.77 bits per heavy atom. The van der Waals surface area contributed by atoms with Crippen molar-refractivity contribution in [2.45, 2.75) is 46.0 Å². The molecule has 2 amide bonds. The minimum Gasteiger partial charge on any atom is -0.312 e. The SMILES string of the molecule is CCCC(C)C(=O)Nc1nnc(C2CC(=O)N(c3ccc(C)cc3)C2)s1. The molecule has 0 bridgehead atoms. The number of carbonyl (C=O) groups is 2. The van der Waals surface area contributed by atoms with Crippen LogP contribution >= 0.6 is 11.3 Å². The highest BCUT2D eigenvalue weighted by Gasteiger charge is 2.34. The van der Waals surface area contributed by atoms with Crippen LogP contribution in [0.2, 0.25) is 0 Å². The summed E-state index contributed by atoms with van der Waals surface area (Å²) in [6, 6.07) is 7.95. The number of anilines is 2. The molecule has 2 heterocycles. The molecule has 2 atom stereocenters. The molecule has 7 heteroatoms. The van der Waals surface area contributed by atoms with E-state index < -0.39 is 0 Å². The summed E-state index contributed by atoms with van der Waals surface area (Å²) in [4.78, 5) is 26.3. The molecular weight excluding hydrogens is 348 g/mol. The number of nitrogens with zero attached hydrogens (tertiary/aromatic N) is 3. The Labute approximate surface area is 157 Å². The fraction of sp³-hybridized carbons (Fsp3) is 0.474. The van der Waals surface area contributed by atoms with E-state index in [0.717, 1.165) is 23.5 Å². The van der Waals surface area contributed by atoms with Crippen LogP contribution in [0.15, 0.2) is 24.3 Å². The van der Waals surface area contributed by atoms with Crippen molar-refractivity contribution >= 4 is 34.0 Å². The molecule has 1 fully saturated rings. The topological polar surface area (TPSA) is 75.2 Å². The highest BCUT2D eigenvalue weighted by atomic mass is 32.1. The fourth-order valence-corrected chi connectivity index (χ4v) is 3.93. The smallest absolute Gasteiger partial charge is 0.229 e. The first-order valence-electron chi connectivity index (χ1n) is 8.99. The van der Waals surface area contributed by atoms with E-state index in [1.54, 1.807) is 4.90 Å². The number of benzene rings is 1. The van der Waals surface area contributed by atoms with Crippen LogP contribution in [0.5, 0.6) is 0 Å². The molecule has 1 aromatic carbocycles. The minimum absolute atomic E-state index is 0.0139. The number of hydrogen-bond donors (Lipinski definition) is 1. The van der Waals surface area contributed by atoms with E-state index in [9.17, 15) is 9.59 Å². The standard InChI is InChI=1S/C19H24N4O2S/c1-4-5-13(3)17(25)20-19-22-21-18(26-19)14-10-16(24)23(11-14)15-8-6-12(2)7-9-15/h6-9,13-14H,4-5,10-11H2,1-3H3,(H,20,22,25). The van der Waals surface area contributed by atoms with Gasteiger partial charge in [0.1, 0.15) is 5.01 Å². The molecule has 6 nitrogen and oxygen atoms in total. The summed E-state index contributed by atoms with van der Waals surface area (Å²) in [6.45, 7) is 6.59. The molecule has 2 aromatic rings. The van der Waals surface area contributed by atoms with E-state index in [-0.39, 0.29) is 23.7 Å². The number of aryl methyl sites for hydroxylation is 1. The van der Waals surface area contributed by atoms with E-state index in [2.05, 4.69) is 22.4 Å². The Balaban J connectivity index is 1.65. The van der Waals surface area contributed by atoms with Gasteiger partial charge in [0.15, 0.2) is 0 Å². The summed E-state index contributed by atoms with van der Waals surface area (Å²) >= 11 is 1.36. The van der Waals surface area contributed by atoms with Gasteiger partial charge < -0.3 is 10.2 Å². The summed E-state index contributed by atoms with van der Waals surface area (Å²) in [5.41, 5.74) is 2.08. The quantitative estimate of drug-likeness (QED) is 0.838. The summed E-state index contributed by atoms with van der Waals surface area (Å²) in [6.07, 6.45) is 2.23. The normalized spacial score (nSPS) is 18.2. The number of nitrogens with one attached hydrogen (secondary N) is 1. The van der Waals surface area contributed by atoms with Gasteiger partial charge in [-0.15, -0.1) is 10.2 Å². The molecule has 1 N–H and O–H groups in total. The lowest BCUT2D eigenvalue weighted by Crippen LogP contribution is -2.24. The summed E-state index contributed by atoms with van der Waals surface area (Å²) in [5.74, 6) is 0.0343. The zero-order valence-corrected chi connectivity index (χ0v) is 16.2. The lowest BCUT2D eigenvalue weighted by atomic mass is 10.1. The Morgan fingerprint density at radius 1 is 1.35 bits per heavy atom. The van der Waals surface area contributed by atoms with Crippen LogP contribution in [0.1, 0.15) is 49.6 Å². The third-order valence-electron chi connectivity index (χ3n) is 4.66. The maximum Gasteiger partial charge on any atom is 0.229 e. The zero-order chi connectivity index (χ0) is 18.7. The minimum atomic E-state index is -0.0440. The van der Waals surface area contributed by atoms with Gasteiger partial charge in [-0.05, 0) is 25.5 Å². The summed E-state index contributed by atoms with van der Waals surface area (Å²) in [7, 11) is 0. The Bertz CT molecular complexity index is 787. The molecule has 0 spiro atoms. The van der Waals surface area contributed by atoms with Gasteiger partial charge in [0.2, 0.25) is 16.9 Å². The molecule has 138 valence electrons. The van der Waals surface area contributed by atoms with Gasteiger partial charge in [0.05, 0.1) is 0 Å². The predicted molar refractivity (Wildman–Crippen MR) is 104 cm³/mol. The molecule has 3 rings (SSSR count). The van der Waals surface area contributed by atoms with Crippen molar-refractivity contribution in [1.82, 2.24) is 10.2 Å². The van der Waals surface area contributed by atoms with Crippen molar-refractivity contribution in [3.05, 3.63) is 34.8 Å². The summed E-state index contributed by atoms with van der Waals surface area (Å²) in [5, 5.41) is 12.4. The van der Waals surface area contributed by atoms with Crippen LogP contribution in [0.4, 0.5) is 10.8 Å². The van der Waals surface area contributed by atoms with Crippen LogP contribution in [0, 0.1) is 12.8 Å². The van der Waals surface area contributed by atoms with Crippen molar-refractivity contribution in [2.75, 3.05) is 16.8 Å². The molecular formula is C19H24N4O2S. The second-order valence-electron chi connectivity index (χ2n) is 6.87. The average Bonchev–Trinajstić information content (AvgIpc) is 3.22. The Hall–Kier alpha value is -2.28. The van der Waals surface area contributed by atoms with Gasteiger partial charge in [-0.1, -0.05) is 49.3 Å². The molecule has 26 heavy (non-hydrogen) atoms. The molecule has 2 unspecified atom stereocenters. The lowest BCUT2D eigenvalue weighted by molar-refractivity contribution is -0.119. The largest absolute Gasteiger partial charge is 0.312 e. The van der Waals surface area contributed by atoms with E-state index in [4.69, 9.17) is 0 Å². The second-order valence-corrected chi connectivity index (χ2v) is 7.87. The van der Waals surface area contributed by atoms with E-state index in [0.29, 0.717) is 18.1 Å². The Morgan fingerprint density at radius 2 is 2.08 bits per heavy atom. The first-order chi connectivity index (χ1) is 12.5. The number of hydrogen-bond acceptors (Lipinski definition) is 5. The van der Waals surface area contributed by atoms with E-state index >= 15 is 0 Å². The van der Waals surface area contributed by atoms with Gasteiger partial charge >= 0.3 is 0 Å². The van der Waals surface area contributed by atoms with Crippen molar-refractivity contribution in [3.63, 3.8) is 0 Å². The predicted octanol–water partition coefficient (Wildman–Crippen LogP) is 3.74. The number of carbonyl (C=O) groups excluding carboxylic acids is 2. The summed E-state index contributed by atoms with van der Waals surface area (Å²) < 4.78 is 0. The van der Waals surface area contributed by atoms with Gasteiger partial charge in [0.25, 0.3) is 0 Å². The van der Waals surface area contributed by atoms with Crippen LogP contribution < -0.4 is 10.2 Å². The van der Waals surface area contributed by atoms with Crippen molar-refractivity contribution < 1.29 is 9.59 Å². The van der Waals surface area contributed by atoms with E-state index in [1.165, 1.54) is 16.9 Å². The maximum atomic E-state index is 12.4. The van der Waals surface area contributed by atoms with Crippen LogP contribution in [-0.2, 0) is 9.59 Å². The second kappa shape index (κ2) is 7.95. The third-order valence-corrected chi connectivity index (χ3v) is 5.66. The van der Waals surface area contributed by atoms with Gasteiger partial charge in [-0.3, -0.25) is 9.59 Å². The Kier molecular flexibility index (Phi) is 5.66. The first kappa shape index (κ1) is 18.5. The van der Waals surface area contributed by atoms with E-state index in [1.807, 2.05) is 38.1 Å². The van der Waals surface area contributed by atoms with Crippen molar-refractivity contribution in [1.29, 1.82) is 0 Å².